The van der Waals surface area contributed by atoms with Gasteiger partial charge in [-0.05, 0) is 25.8 Å². The van der Waals surface area contributed by atoms with E-state index in [-0.39, 0.29) is 30.1 Å². The van der Waals surface area contributed by atoms with Gasteiger partial charge in [0.15, 0.2) is 5.96 Å². The van der Waals surface area contributed by atoms with Gasteiger partial charge in [-0.2, -0.15) is 0 Å². The van der Waals surface area contributed by atoms with Crippen LogP contribution in [0.4, 0.5) is 0 Å². The van der Waals surface area contributed by atoms with E-state index < -0.39 is 0 Å². The molecule has 1 aliphatic heterocycles. The Morgan fingerprint density at radius 1 is 1.32 bits per heavy atom. The van der Waals surface area contributed by atoms with Crippen molar-refractivity contribution in [3.63, 3.8) is 0 Å². The molecule has 7 heteroatoms. The monoisotopic (exact) mass is 463 g/mol. The topological polar surface area (TPSA) is 64.1 Å². The Morgan fingerprint density at radius 2 is 2.16 bits per heavy atom. The average molecular weight is 463 g/mol. The van der Waals surface area contributed by atoms with Gasteiger partial charge in [0.2, 0.25) is 0 Å². The van der Waals surface area contributed by atoms with Gasteiger partial charge in [-0.25, -0.2) is 4.99 Å². The van der Waals surface area contributed by atoms with Crippen LogP contribution in [0.1, 0.15) is 25.3 Å². The Morgan fingerprint density at radius 3 is 2.88 bits per heavy atom. The SMILES string of the molecule is CCNC(=NCc1ccccc1OC)NCCCOC1CCOC1.I. The lowest BCUT2D eigenvalue weighted by molar-refractivity contribution is 0.0420. The quantitative estimate of drug-likeness (QED) is 0.255. The number of guanidine groups is 1. The second-order valence-electron chi connectivity index (χ2n) is 5.64. The summed E-state index contributed by atoms with van der Waals surface area (Å²) >= 11 is 0. The second-order valence-corrected chi connectivity index (χ2v) is 5.64. The minimum Gasteiger partial charge on any atom is -0.496 e. The van der Waals surface area contributed by atoms with E-state index in [0.29, 0.717) is 6.54 Å². The van der Waals surface area contributed by atoms with E-state index in [4.69, 9.17) is 14.2 Å². The van der Waals surface area contributed by atoms with Crippen LogP contribution in [-0.4, -0.2) is 52.1 Å². The number of nitrogens with zero attached hydrogens (tertiary/aromatic N) is 1. The number of rotatable bonds is 9. The molecule has 0 aliphatic carbocycles. The van der Waals surface area contributed by atoms with Crippen LogP contribution in [0, 0.1) is 0 Å². The highest BCUT2D eigenvalue weighted by molar-refractivity contribution is 14.0. The standard InChI is InChI=1S/C18H29N3O3.HI/c1-3-19-18(20-10-6-11-24-16-9-12-23-14-16)21-13-15-7-4-5-8-17(15)22-2;/h4-5,7-8,16H,3,6,9-14H2,1-2H3,(H2,19,20,21);1H. The van der Waals surface area contributed by atoms with Crippen LogP contribution in [0.15, 0.2) is 29.3 Å². The Bertz CT molecular complexity index is 508. The average Bonchev–Trinajstić information content (AvgIpc) is 3.13. The van der Waals surface area contributed by atoms with Crippen LogP contribution in [-0.2, 0) is 16.0 Å². The first-order valence-electron chi connectivity index (χ1n) is 8.67. The Labute approximate surface area is 167 Å². The molecule has 1 aliphatic rings. The fourth-order valence-corrected chi connectivity index (χ4v) is 2.51. The summed E-state index contributed by atoms with van der Waals surface area (Å²) in [5, 5.41) is 6.60. The minimum atomic E-state index is 0. The third-order valence-corrected chi connectivity index (χ3v) is 3.80. The molecular formula is C18H30IN3O3. The van der Waals surface area contributed by atoms with Crippen molar-refractivity contribution in [2.45, 2.75) is 32.4 Å². The zero-order valence-electron chi connectivity index (χ0n) is 15.1. The Balaban J connectivity index is 0.00000312. The zero-order valence-corrected chi connectivity index (χ0v) is 17.5. The normalized spacial score (nSPS) is 17.0. The van der Waals surface area contributed by atoms with Crippen molar-refractivity contribution in [2.24, 2.45) is 4.99 Å². The maximum atomic E-state index is 5.76. The smallest absolute Gasteiger partial charge is 0.191 e. The number of aliphatic imine (C=N–C) groups is 1. The summed E-state index contributed by atoms with van der Waals surface area (Å²) in [5.74, 6) is 1.68. The number of hydrogen-bond acceptors (Lipinski definition) is 4. The van der Waals surface area contributed by atoms with Gasteiger partial charge in [-0.1, -0.05) is 18.2 Å². The first-order chi connectivity index (χ1) is 11.8. The summed E-state index contributed by atoms with van der Waals surface area (Å²) in [6, 6.07) is 7.95. The van der Waals surface area contributed by atoms with Gasteiger partial charge >= 0.3 is 0 Å². The van der Waals surface area contributed by atoms with E-state index in [9.17, 15) is 0 Å². The molecule has 2 rings (SSSR count). The molecule has 1 heterocycles. The fourth-order valence-electron chi connectivity index (χ4n) is 2.51. The molecule has 1 aromatic rings. The van der Waals surface area contributed by atoms with Crippen LogP contribution in [0.5, 0.6) is 5.75 Å². The number of hydrogen-bond donors (Lipinski definition) is 2. The maximum absolute atomic E-state index is 5.76. The summed E-state index contributed by atoms with van der Waals surface area (Å²) in [7, 11) is 1.68. The van der Waals surface area contributed by atoms with Crippen LogP contribution in [0.2, 0.25) is 0 Å². The van der Waals surface area contributed by atoms with Gasteiger partial charge in [-0.3, -0.25) is 0 Å². The largest absolute Gasteiger partial charge is 0.496 e. The van der Waals surface area contributed by atoms with Crippen LogP contribution in [0.3, 0.4) is 0 Å². The summed E-state index contributed by atoms with van der Waals surface area (Å²) in [4.78, 5) is 4.62. The number of nitrogens with one attached hydrogen (secondary N) is 2. The van der Waals surface area contributed by atoms with E-state index >= 15 is 0 Å². The molecule has 1 aromatic carbocycles. The molecule has 0 radical (unpaired) electrons. The summed E-state index contributed by atoms with van der Waals surface area (Å²) < 4.78 is 16.4. The number of para-hydroxylation sites is 1. The molecule has 2 N–H and O–H groups in total. The molecule has 0 bridgehead atoms. The predicted molar refractivity (Wildman–Crippen MR) is 111 cm³/mol. The van der Waals surface area contributed by atoms with Crippen LogP contribution in [0.25, 0.3) is 0 Å². The molecule has 1 atom stereocenters. The molecule has 1 saturated heterocycles. The Hall–Kier alpha value is -1.06. The molecular weight excluding hydrogens is 433 g/mol. The third kappa shape index (κ3) is 8.24. The van der Waals surface area contributed by atoms with Crippen molar-refractivity contribution in [1.82, 2.24) is 10.6 Å². The fraction of sp³-hybridized carbons (Fsp3) is 0.611. The van der Waals surface area contributed by atoms with Crippen LogP contribution >= 0.6 is 24.0 Å². The van der Waals surface area contributed by atoms with Crippen LogP contribution < -0.4 is 15.4 Å². The number of methoxy groups -OCH3 is 1. The first kappa shape index (κ1) is 22.0. The summed E-state index contributed by atoms with van der Waals surface area (Å²) in [6.07, 6.45) is 2.23. The molecule has 6 nitrogen and oxygen atoms in total. The highest BCUT2D eigenvalue weighted by Crippen LogP contribution is 2.17. The van der Waals surface area contributed by atoms with Crippen molar-refractivity contribution in [3.8, 4) is 5.75 Å². The maximum Gasteiger partial charge on any atom is 0.191 e. The van der Waals surface area contributed by atoms with E-state index in [1.54, 1.807) is 7.11 Å². The van der Waals surface area contributed by atoms with Crippen molar-refractivity contribution >= 4 is 29.9 Å². The number of ether oxygens (including phenoxy) is 3. The van der Waals surface area contributed by atoms with E-state index in [0.717, 1.165) is 63.0 Å². The summed E-state index contributed by atoms with van der Waals surface area (Å²) in [5.41, 5.74) is 1.07. The van der Waals surface area contributed by atoms with Gasteiger partial charge in [0.1, 0.15) is 5.75 Å². The third-order valence-electron chi connectivity index (χ3n) is 3.80. The molecule has 1 unspecified atom stereocenters. The zero-order chi connectivity index (χ0) is 17.0. The predicted octanol–water partition coefficient (Wildman–Crippen LogP) is 2.56. The molecule has 0 amide bonds. The molecule has 0 spiro atoms. The highest BCUT2D eigenvalue weighted by Gasteiger charge is 2.15. The van der Waals surface area contributed by atoms with Gasteiger partial charge in [0, 0.05) is 31.9 Å². The summed E-state index contributed by atoms with van der Waals surface area (Å²) in [6.45, 7) is 6.59. The second kappa shape index (κ2) is 13.2. The molecule has 25 heavy (non-hydrogen) atoms. The lowest BCUT2D eigenvalue weighted by Gasteiger charge is -2.13. The minimum absolute atomic E-state index is 0. The molecule has 142 valence electrons. The van der Waals surface area contributed by atoms with E-state index in [1.807, 2.05) is 24.3 Å². The van der Waals surface area contributed by atoms with Crippen molar-refractivity contribution in [1.29, 1.82) is 0 Å². The van der Waals surface area contributed by atoms with Gasteiger partial charge < -0.3 is 24.8 Å². The van der Waals surface area contributed by atoms with Gasteiger partial charge in [-0.15, -0.1) is 24.0 Å². The van der Waals surface area contributed by atoms with Crippen molar-refractivity contribution in [2.75, 3.05) is 40.0 Å². The van der Waals surface area contributed by atoms with Crippen molar-refractivity contribution in [3.05, 3.63) is 29.8 Å². The van der Waals surface area contributed by atoms with Gasteiger partial charge in [0.05, 0.1) is 26.4 Å². The highest BCUT2D eigenvalue weighted by atomic mass is 127. The van der Waals surface area contributed by atoms with Gasteiger partial charge in [0.25, 0.3) is 0 Å². The molecule has 0 aromatic heterocycles. The van der Waals surface area contributed by atoms with Crippen molar-refractivity contribution < 1.29 is 14.2 Å². The lowest BCUT2D eigenvalue weighted by Crippen LogP contribution is -2.38. The first-order valence-corrected chi connectivity index (χ1v) is 8.67. The van der Waals surface area contributed by atoms with E-state index in [2.05, 4.69) is 22.5 Å². The molecule has 1 fully saturated rings. The number of benzene rings is 1. The number of halogens is 1. The van der Waals surface area contributed by atoms with E-state index in [1.165, 1.54) is 0 Å². The lowest BCUT2D eigenvalue weighted by atomic mass is 10.2. The Kier molecular flexibility index (Phi) is 11.6. The molecule has 0 saturated carbocycles.